The first kappa shape index (κ1) is 14.8. The standard InChI is InChI=1S/C14H15BrClN3O2/c15-10-7-11(12(16)17-8-10)14(21)19-5-3-18(4-6-19)13(20)9-1-2-9/h7-9H,1-6H2. The molecule has 7 heteroatoms. The number of carbonyl (C=O) groups is 2. The lowest BCUT2D eigenvalue weighted by Gasteiger charge is -2.35. The van der Waals surface area contributed by atoms with E-state index in [0.717, 1.165) is 17.3 Å². The molecular weight excluding hydrogens is 358 g/mol. The lowest BCUT2D eigenvalue weighted by atomic mass is 10.2. The van der Waals surface area contributed by atoms with E-state index in [1.807, 2.05) is 4.90 Å². The van der Waals surface area contributed by atoms with Crippen molar-refractivity contribution >= 4 is 39.3 Å². The molecule has 0 bridgehead atoms. The number of carbonyl (C=O) groups excluding carboxylic acids is 2. The van der Waals surface area contributed by atoms with Crippen LogP contribution in [0.3, 0.4) is 0 Å². The Kier molecular flexibility index (Phi) is 4.17. The molecule has 112 valence electrons. The van der Waals surface area contributed by atoms with Crippen LogP contribution in [0.1, 0.15) is 23.2 Å². The summed E-state index contributed by atoms with van der Waals surface area (Å²) in [6, 6.07) is 1.68. The molecule has 2 aliphatic rings. The van der Waals surface area contributed by atoms with Crippen LogP contribution in [0.25, 0.3) is 0 Å². The molecule has 2 amide bonds. The molecule has 5 nitrogen and oxygen atoms in total. The molecule has 0 N–H and O–H groups in total. The predicted molar refractivity (Wildman–Crippen MR) is 82.2 cm³/mol. The van der Waals surface area contributed by atoms with Gasteiger partial charge in [0.05, 0.1) is 5.56 Å². The van der Waals surface area contributed by atoms with Gasteiger partial charge in [-0.25, -0.2) is 4.98 Å². The zero-order chi connectivity index (χ0) is 15.0. The molecule has 3 rings (SSSR count). The van der Waals surface area contributed by atoms with Crippen LogP contribution in [-0.2, 0) is 4.79 Å². The molecule has 1 aromatic rings. The second kappa shape index (κ2) is 5.93. The van der Waals surface area contributed by atoms with Gasteiger partial charge in [-0.15, -0.1) is 0 Å². The fraction of sp³-hybridized carbons (Fsp3) is 0.500. The maximum absolute atomic E-state index is 12.5. The topological polar surface area (TPSA) is 53.5 Å². The fourth-order valence-corrected chi connectivity index (χ4v) is 2.98. The van der Waals surface area contributed by atoms with Crippen LogP contribution >= 0.6 is 27.5 Å². The fourth-order valence-electron chi connectivity index (χ4n) is 2.46. The van der Waals surface area contributed by atoms with Crippen molar-refractivity contribution in [2.75, 3.05) is 26.2 Å². The zero-order valence-corrected chi connectivity index (χ0v) is 13.7. The molecule has 1 saturated carbocycles. The minimum atomic E-state index is -0.132. The van der Waals surface area contributed by atoms with Gasteiger partial charge in [-0.3, -0.25) is 9.59 Å². The SMILES string of the molecule is O=C(c1cc(Br)cnc1Cl)N1CCN(C(=O)C2CC2)CC1. The maximum atomic E-state index is 12.5. The lowest BCUT2D eigenvalue weighted by molar-refractivity contribution is -0.134. The lowest BCUT2D eigenvalue weighted by Crippen LogP contribution is -2.51. The van der Waals surface area contributed by atoms with E-state index in [4.69, 9.17) is 11.6 Å². The Morgan fingerprint density at radius 1 is 1.19 bits per heavy atom. The van der Waals surface area contributed by atoms with E-state index in [0.29, 0.717) is 31.7 Å². The third kappa shape index (κ3) is 3.21. The smallest absolute Gasteiger partial charge is 0.257 e. The summed E-state index contributed by atoms with van der Waals surface area (Å²) in [5.74, 6) is 0.340. The van der Waals surface area contributed by atoms with Gasteiger partial charge in [0.1, 0.15) is 5.15 Å². The van der Waals surface area contributed by atoms with Gasteiger partial charge in [0, 0.05) is 42.8 Å². The maximum Gasteiger partial charge on any atom is 0.257 e. The average Bonchev–Trinajstić information content (AvgIpc) is 3.33. The van der Waals surface area contributed by atoms with Crippen LogP contribution in [0.15, 0.2) is 16.7 Å². The summed E-state index contributed by atoms with van der Waals surface area (Å²) in [4.78, 5) is 32.0. The molecule has 0 radical (unpaired) electrons. The number of halogens is 2. The molecule has 1 saturated heterocycles. The molecular formula is C14H15BrClN3O2. The summed E-state index contributed by atoms with van der Waals surface area (Å²) in [7, 11) is 0. The van der Waals surface area contributed by atoms with Crippen molar-refractivity contribution in [2.45, 2.75) is 12.8 Å². The summed E-state index contributed by atoms with van der Waals surface area (Å²) in [5, 5.41) is 0.208. The van der Waals surface area contributed by atoms with Gasteiger partial charge >= 0.3 is 0 Å². The minimum Gasteiger partial charge on any atom is -0.339 e. The number of piperazine rings is 1. The Hall–Kier alpha value is -1.14. The highest BCUT2D eigenvalue weighted by Gasteiger charge is 2.35. The number of aromatic nitrogens is 1. The van der Waals surface area contributed by atoms with E-state index in [9.17, 15) is 9.59 Å². The van der Waals surface area contributed by atoms with Gasteiger partial charge < -0.3 is 9.80 Å². The van der Waals surface area contributed by atoms with Gasteiger partial charge in [-0.05, 0) is 34.8 Å². The summed E-state index contributed by atoms with van der Waals surface area (Å²) in [6.45, 7) is 2.28. The van der Waals surface area contributed by atoms with Crippen LogP contribution < -0.4 is 0 Å². The number of rotatable bonds is 2. The number of amides is 2. The largest absolute Gasteiger partial charge is 0.339 e. The summed E-state index contributed by atoms with van der Waals surface area (Å²) >= 11 is 9.29. The highest BCUT2D eigenvalue weighted by atomic mass is 79.9. The third-order valence-electron chi connectivity index (χ3n) is 3.84. The molecule has 2 heterocycles. The van der Waals surface area contributed by atoms with Crippen LogP contribution in [-0.4, -0.2) is 52.8 Å². The number of nitrogens with zero attached hydrogens (tertiary/aromatic N) is 3. The highest BCUT2D eigenvalue weighted by Crippen LogP contribution is 2.31. The van der Waals surface area contributed by atoms with Crippen molar-refractivity contribution in [1.82, 2.24) is 14.8 Å². The van der Waals surface area contributed by atoms with Crippen molar-refractivity contribution in [3.8, 4) is 0 Å². The van der Waals surface area contributed by atoms with Crippen LogP contribution in [0, 0.1) is 5.92 Å². The first-order valence-electron chi connectivity index (χ1n) is 6.95. The molecule has 21 heavy (non-hydrogen) atoms. The normalized spacial score (nSPS) is 18.8. The van der Waals surface area contributed by atoms with Crippen molar-refractivity contribution in [3.63, 3.8) is 0 Å². The van der Waals surface area contributed by atoms with Gasteiger partial charge in [0.25, 0.3) is 5.91 Å². The molecule has 1 aliphatic carbocycles. The van der Waals surface area contributed by atoms with Crippen molar-refractivity contribution in [2.24, 2.45) is 5.92 Å². The van der Waals surface area contributed by atoms with E-state index in [-0.39, 0.29) is 22.9 Å². The van der Waals surface area contributed by atoms with Gasteiger partial charge in [-0.2, -0.15) is 0 Å². The van der Waals surface area contributed by atoms with Gasteiger partial charge in [0.15, 0.2) is 0 Å². The summed E-state index contributed by atoms with van der Waals surface area (Å²) in [6.07, 6.45) is 3.58. The van der Waals surface area contributed by atoms with E-state index < -0.39 is 0 Å². The second-order valence-electron chi connectivity index (χ2n) is 5.38. The summed E-state index contributed by atoms with van der Waals surface area (Å²) in [5.41, 5.74) is 0.396. The predicted octanol–water partition coefficient (Wildman–Crippen LogP) is 2.19. The zero-order valence-electron chi connectivity index (χ0n) is 11.4. The Morgan fingerprint density at radius 3 is 2.43 bits per heavy atom. The van der Waals surface area contributed by atoms with Gasteiger partial charge in [0.2, 0.25) is 5.91 Å². The summed E-state index contributed by atoms with van der Waals surface area (Å²) < 4.78 is 0.720. The molecule has 2 fully saturated rings. The third-order valence-corrected chi connectivity index (χ3v) is 4.58. The molecule has 0 unspecified atom stereocenters. The van der Waals surface area contributed by atoms with Crippen LogP contribution in [0.2, 0.25) is 5.15 Å². The number of hydrogen-bond acceptors (Lipinski definition) is 3. The molecule has 0 spiro atoms. The Balaban J connectivity index is 1.64. The molecule has 1 aromatic heterocycles. The first-order chi connectivity index (χ1) is 10.1. The number of hydrogen-bond donors (Lipinski definition) is 0. The van der Waals surface area contributed by atoms with Crippen LogP contribution in [0.5, 0.6) is 0 Å². The molecule has 1 aliphatic heterocycles. The Labute approximate surface area is 136 Å². The van der Waals surface area contributed by atoms with E-state index in [1.54, 1.807) is 17.2 Å². The Morgan fingerprint density at radius 2 is 1.81 bits per heavy atom. The first-order valence-corrected chi connectivity index (χ1v) is 8.12. The average molecular weight is 373 g/mol. The minimum absolute atomic E-state index is 0.132. The van der Waals surface area contributed by atoms with Crippen molar-refractivity contribution in [3.05, 3.63) is 27.5 Å². The van der Waals surface area contributed by atoms with Crippen molar-refractivity contribution < 1.29 is 9.59 Å². The van der Waals surface area contributed by atoms with Crippen LogP contribution in [0.4, 0.5) is 0 Å². The monoisotopic (exact) mass is 371 g/mol. The molecule has 0 aromatic carbocycles. The Bertz CT molecular complexity index is 584. The quantitative estimate of drug-likeness (QED) is 0.748. The van der Waals surface area contributed by atoms with E-state index in [1.165, 1.54) is 0 Å². The van der Waals surface area contributed by atoms with E-state index in [2.05, 4.69) is 20.9 Å². The van der Waals surface area contributed by atoms with Gasteiger partial charge in [-0.1, -0.05) is 11.6 Å². The molecule has 0 atom stereocenters. The number of pyridine rings is 1. The highest BCUT2D eigenvalue weighted by molar-refractivity contribution is 9.10. The second-order valence-corrected chi connectivity index (χ2v) is 6.66. The van der Waals surface area contributed by atoms with E-state index >= 15 is 0 Å². The van der Waals surface area contributed by atoms with Crippen molar-refractivity contribution in [1.29, 1.82) is 0 Å².